The predicted molar refractivity (Wildman–Crippen MR) is 68.9 cm³/mol. The number of nitrogens with zero attached hydrogens (tertiary/aromatic N) is 1. The fraction of sp³-hybridized carbons (Fsp3) is 0.167. The zero-order chi connectivity index (χ0) is 13.1. The van der Waals surface area contributed by atoms with Crippen molar-refractivity contribution < 1.29 is 9.34 Å². The van der Waals surface area contributed by atoms with Crippen LogP contribution in [0.2, 0.25) is 5.22 Å². The Labute approximate surface area is 109 Å². The van der Waals surface area contributed by atoms with Crippen LogP contribution in [0.4, 0.5) is 11.4 Å². The summed E-state index contributed by atoms with van der Waals surface area (Å²) >= 11 is 5.66. The second-order valence-corrected chi connectivity index (χ2v) is 4.19. The SMILES string of the molecule is Cc1cc([N+](=O)[O-])ccc1NCc1ccc(Cl)o1. The van der Waals surface area contributed by atoms with Gasteiger partial charge in [0, 0.05) is 17.8 Å². The van der Waals surface area contributed by atoms with Crippen molar-refractivity contribution in [3.05, 3.63) is 57.0 Å². The van der Waals surface area contributed by atoms with Crippen molar-refractivity contribution in [2.45, 2.75) is 13.5 Å². The Balaban J connectivity index is 2.08. The van der Waals surface area contributed by atoms with Crippen molar-refractivity contribution in [2.24, 2.45) is 0 Å². The summed E-state index contributed by atoms with van der Waals surface area (Å²) in [6.07, 6.45) is 0. The van der Waals surface area contributed by atoms with Gasteiger partial charge in [0.05, 0.1) is 11.5 Å². The summed E-state index contributed by atoms with van der Waals surface area (Å²) in [7, 11) is 0. The number of furan rings is 1. The van der Waals surface area contributed by atoms with Crippen LogP contribution in [0.3, 0.4) is 0 Å². The summed E-state index contributed by atoms with van der Waals surface area (Å²) < 4.78 is 5.20. The zero-order valence-electron chi connectivity index (χ0n) is 9.64. The molecule has 0 radical (unpaired) electrons. The Morgan fingerprint density at radius 1 is 1.39 bits per heavy atom. The molecule has 0 fully saturated rings. The molecule has 0 bridgehead atoms. The van der Waals surface area contributed by atoms with Crippen LogP contribution < -0.4 is 5.32 Å². The van der Waals surface area contributed by atoms with Crippen LogP contribution in [0.15, 0.2) is 34.7 Å². The van der Waals surface area contributed by atoms with Gasteiger partial charge < -0.3 is 9.73 Å². The molecule has 5 nitrogen and oxygen atoms in total. The minimum absolute atomic E-state index is 0.0825. The van der Waals surface area contributed by atoms with Gasteiger partial charge in [-0.05, 0) is 42.3 Å². The van der Waals surface area contributed by atoms with Crippen LogP contribution in [-0.2, 0) is 6.54 Å². The third kappa shape index (κ3) is 2.81. The van der Waals surface area contributed by atoms with E-state index < -0.39 is 4.92 Å². The lowest BCUT2D eigenvalue weighted by molar-refractivity contribution is -0.384. The van der Waals surface area contributed by atoms with Gasteiger partial charge in [0.2, 0.25) is 0 Å². The topological polar surface area (TPSA) is 68.3 Å². The fourth-order valence-electron chi connectivity index (χ4n) is 1.59. The number of nitro benzene ring substituents is 1. The molecule has 94 valence electrons. The molecule has 2 aromatic rings. The first-order valence-corrected chi connectivity index (χ1v) is 5.67. The maximum absolute atomic E-state index is 10.6. The molecule has 6 heteroatoms. The lowest BCUT2D eigenvalue weighted by Crippen LogP contribution is -2.00. The minimum atomic E-state index is -0.414. The molecule has 0 atom stereocenters. The van der Waals surface area contributed by atoms with Gasteiger partial charge in [-0.3, -0.25) is 10.1 Å². The summed E-state index contributed by atoms with van der Waals surface area (Å²) in [5.74, 6) is 0.706. The normalized spacial score (nSPS) is 10.3. The summed E-state index contributed by atoms with van der Waals surface area (Å²) in [6, 6.07) is 8.11. The van der Waals surface area contributed by atoms with Crippen LogP contribution in [0.1, 0.15) is 11.3 Å². The molecule has 18 heavy (non-hydrogen) atoms. The minimum Gasteiger partial charge on any atom is -0.448 e. The van der Waals surface area contributed by atoms with Crippen LogP contribution in [0.25, 0.3) is 0 Å². The van der Waals surface area contributed by atoms with Gasteiger partial charge in [-0.25, -0.2) is 0 Å². The first kappa shape index (κ1) is 12.4. The molecule has 0 unspecified atom stereocenters. The molecule has 1 aromatic carbocycles. The molecule has 2 rings (SSSR count). The van der Waals surface area contributed by atoms with Crippen LogP contribution in [0, 0.1) is 17.0 Å². The van der Waals surface area contributed by atoms with Crippen molar-refractivity contribution in [1.82, 2.24) is 0 Å². The lowest BCUT2D eigenvalue weighted by Gasteiger charge is -2.07. The maximum atomic E-state index is 10.6. The molecule has 0 spiro atoms. The summed E-state index contributed by atoms with van der Waals surface area (Å²) in [5, 5.41) is 14.1. The number of hydrogen-bond donors (Lipinski definition) is 1. The van der Waals surface area contributed by atoms with Crippen molar-refractivity contribution in [3.63, 3.8) is 0 Å². The van der Waals surface area contributed by atoms with Crippen molar-refractivity contribution in [1.29, 1.82) is 0 Å². The monoisotopic (exact) mass is 266 g/mol. The number of aryl methyl sites for hydroxylation is 1. The van der Waals surface area contributed by atoms with Gasteiger partial charge in [-0.15, -0.1) is 0 Å². The smallest absolute Gasteiger partial charge is 0.269 e. The van der Waals surface area contributed by atoms with E-state index in [1.54, 1.807) is 18.2 Å². The molecular formula is C12H11ClN2O3. The Morgan fingerprint density at radius 2 is 2.17 bits per heavy atom. The molecular weight excluding hydrogens is 256 g/mol. The van der Waals surface area contributed by atoms with Gasteiger partial charge in [0.25, 0.3) is 5.69 Å². The van der Waals surface area contributed by atoms with Gasteiger partial charge in [-0.2, -0.15) is 0 Å². The zero-order valence-corrected chi connectivity index (χ0v) is 10.4. The average Bonchev–Trinajstić information content (AvgIpc) is 2.73. The number of nitro groups is 1. The quantitative estimate of drug-likeness (QED) is 0.676. The third-order valence-corrected chi connectivity index (χ3v) is 2.71. The molecule has 0 saturated carbocycles. The lowest BCUT2D eigenvalue weighted by atomic mass is 10.2. The highest BCUT2D eigenvalue weighted by Gasteiger charge is 2.08. The average molecular weight is 267 g/mol. The first-order valence-electron chi connectivity index (χ1n) is 5.29. The van der Waals surface area contributed by atoms with Gasteiger partial charge in [0.1, 0.15) is 5.76 Å². The number of anilines is 1. The van der Waals surface area contributed by atoms with Crippen LogP contribution in [0.5, 0.6) is 0 Å². The number of hydrogen-bond acceptors (Lipinski definition) is 4. The molecule has 1 heterocycles. The number of rotatable bonds is 4. The summed E-state index contributed by atoms with van der Waals surface area (Å²) in [5.41, 5.74) is 1.72. The van der Waals surface area contributed by atoms with Gasteiger partial charge >= 0.3 is 0 Å². The highest BCUT2D eigenvalue weighted by molar-refractivity contribution is 6.28. The number of benzene rings is 1. The van der Waals surface area contributed by atoms with E-state index >= 15 is 0 Å². The molecule has 0 aliphatic carbocycles. The van der Waals surface area contributed by atoms with E-state index in [4.69, 9.17) is 16.0 Å². The number of non-ortho nitro benzene ring substituents is 1. The van der Waals surface area contributed by atoms with E-state index in [9.17, 15) is 10.1 Å². The van der Waals surface area contributed by atoms with Crippen LogP contribution in [-0.4, -0.2) is 4.92 Å². The van der Waals surface area contributed by atoms with E-state index in [0.717, 1.165) is 11.3 Å². The Kier molecular flexibility index (Phi) is 3.53. The van der Waals surface area contributed by atoms with E-state index in [1.807, 2.05) is 6.92 Å². The predicted octanol–water partition coefficient (Wildman–Crippen LogP) is 3.76. The third-order valence-electron chi connectivity index (χ3n) is 2.50. The number of nitrogens with one attached hydrogen (secondary N) is 1. The molecule has 0 aliphatic rings. The Hall–Kier alpha value is -2.01. The standard InChI is InChI=1S/C12H11ClN2O3/c1-8-6-9(15(16)17)2-4-11(8)14-7-10-3-5-12(13)18-10/h2-6,14H,7H2,1H3. The van der Waals surface area contributed by atoms with Crippen molar-refractivity contribution in [2.75, 3.05) is 5.32 Å². The van der Waals surface area contributed by atoms with E-state index in [1.165, 1.54) is 12.1 Å². The van der Waals surface area contributed by atoms with Crippen LogP contribution >= 0.6 is 11.6 Å². The first-order chi connectivity index (χ1) is 8.56. The molecule has 0 amide bonds. The molecule has 1 aromatic heterocycles. The molecule has 1 N–H and O–H groups in total. The molecule has 0 aliphatic heterocycles. The van der Waals surface area contributed by atoms with E-state index in [-0.39, 0.29) is 5.69 Å². The largest absolute Gasteiger partial charge is 0.448 e. The highest BCUT2D eigenvalue weighted by atomic mass is 35.5. The maximum Gasteiger partial charge on any atom is 0.269 e. The number of halogens is 1. The highest BCUT2D eigenvalue weighted by Crippen LogP contribution is 2.22. The van der Waals surface area contributed by atoms with Gasteiger partial charge in [0.15, 0.2) is 5.22 Å². The van der Waals surface area contributed by atoms with E-state index in [0.29, 0.717) is 17.5 Å². The van der Waals surface area contributed by atoms with Crippen molar-refractivity contribution >= 4 is 23.0 Å². The Bertz CT molecular complexity index is 580. The van der Waals surface area contributed by atoms with E-state index in [2.05, 4.69) is 5.32 Å². The Morgan fingerprint density at radius 3 is 2.72 bits per heavy atom. The fourth-order valence-corrected chi connectivity index (χ4v) is 1.75. The van der Waals surface area contributed by atoms with Gasteiger partial charge in [-0.1, -0.05) is 0 Å². The summed E-state index contributed by atoms with van der Waals surface area (Å²) in [6.45, 7) is 2.29. The summed E-state index contributed by atoms with van der Waals surface area (Å²) in [4.78, 5) is 10.2. The van der Waals surface area contributed by atoms with Crippen molar-refractivity contribution in [3.8, 4) is 0 Å². The molecule has 0 saturated heterocycles. The second kappa shape index (κ2) is 5.10. The second-order valence-electron chi connectivity index (χ2n) is 3.82.